The average molecular weight is 363 g/mol. The Hall–Kier alpha value is -2.38. The fraction of sp³-hybridized carbons (Fsp3) is 0.278. The van der Waals surface area contributed by atoms with Crippen molar-refractivity contribution < 1.29 is 22.7 Å². The van der Waals surface area contributed by atoms with Crippen LogP contribution in [0.5, 0.6) is 5.75 Å². The third kappa shape index (κ3) is 5.58. The molecule has 6 nitrogen and oxygen atoms in total. The van der Waals surface area contributed by atoms with Crippen LogP contribution in [0.15, 0.2) is 59.5 Å². The van der Waals surface area contributed by atoms with Crippen molar-refractivity contribution in [2.75, 3.05) is 13.2 Å². The summed E-state index contributed by atoms with van der Waals surface area (Å²) in [5, 5.41) is 5.03. The van der Waals surface area contributed by atoms with E-state index in [0.717, 1.165) is 5.56 Å². The second-order valence-electron chi connectivity index (χ2n) is 5.40. The normalized spacial score (nSPS) is 12.4. The van der Waals surface area contributed by atoms with Crippen molar-refractivity contribution in [3.8, 4) is 5.75 Å². The van der Waals surface area contributed by atoms with Crippen LogP contribution in [0.2, 0.25) is 0 Å². The summed E-state index contributed by atoms with van der Waals surface area (Å²) in [6.45, 7) is 2.22. The van der Waals surface area contributed by atoms with Crippen LogP contribution in [0.4, 0.5) is 0 Å². The number of carbonyl (C=O) groups is 1. The summed E-state index contributed by atoms with van der Waals surface area (Å²) < 4.78 is 33.0. The van der Waals surface area contributed by atoms with Crippen LogP contribution in [0, 0.1) is 0 Å². The Balaban J connectivity index is 1.81. The molecular formula is C18H21NO5S. The molecule has 0 spiro atoms. The Labute approximate surface area is 147 Å². The Kier molecular flexibility index (Phi) is 6.55. The SMILES string of the molecule is CC[C@@H](C(=O)OCCOc1ccc(S(N)(=O)=O)cc1)c1ccccc1. The molecule has 0 saturated heterocycles. The molecule has 2 N–H and O–H groups in total. The second kappa shape index (κ2) is 8.64. The first kappa shape index (κ1) is 19.0. The maximum Gasteiger partial charge on any atom is 0.313 e. The Morgan fingerprint density at radius 1 is 1.04 bits per heavy atom. The molecule has 7 heteroatoms. The van der Waals surface area contributed by atoms with Crippen molar-refractivity contribution >= 4 is 16.0 Å². The van der Waals surface area contributed by atoms with Gasteiger partial charge in [0.2, 0.25) is 10.0 Å². The van der Waals surface area contributed by atoms with E-state index < -0.39 is 10.0 Å². The molecule has 0 saturated carbocycles. The van der Waals surface area contributed by atoms with Gasteiger partial charge in [-0.3, -0.25) is 4.79 Å². The predicted molar refractivity (Wildman–Crippen MR) is 93.7 cm³/mol. The zero-order valence-corrected chi connectivity index (χ0v) is 14.7. The topological polar surface area (TPSA) is 95.7 Å². The molecule has 25 heavy (non-hydrogen) atoms. The summed E-state index contributed by atoms with van der Waals surface area (Å²) in [5.74, 6) is -0.115. The number of nitrogens with two attached hydrogens (primary N) is 1. The van der Waals surface area contributed by atoms with Crippen molar-refractivity contribution in [1.82, 2.24) is 0 Å². The predicted octanol–water partition coefficient (Wildman–Crippen LogP) is 2.45. The first-order valence-corrected chi connectivity index (χ1v) is 9.43. The van der Waals surface area contributed by atoms with Gasteiger partial charge in [0.05, 0.1) is 10.8 Å². The summed E-state index contributed by atoms with van der Waals surface area (Å²) in [6.07, 6.45) is 0.652. The van der Waals surface area contributed by atoms with Crippen molar-refractivity contribution in [1.29, 1.82) is 0 Å². The number of rotatable bonds is 8. The summed E-state index contributed by atoms with van der Waals surface area (Å²) in [7, 11) is -3.72. The highest BCUT2D eigenvalue weighted by molar-refractivity contribution is 7.89. The quantitative estimate of drug-likeness (QED) is 0.574. The second-order valence-corrected chi connectivity index (χ2v) is 6.97. The molecule has 0 amide bonds. The molecule has 2 rings (SSSR count). The number of esters is 1. The number of hydrogen-bond donors (Lipinski definition) is 1. The summed E-state index contributed by atoms with van der Waals surface area (Å²) in [6, 6.07) is 15.2. The van der Waals surface area contributed by atoms with Crippen LogP contribution in [-0.2, 0) is 19.6 Å². The van der Waals surface area contributed by atoms with Crippen LogP contribution >= 0.6 is 0 Å². The number of carbonyl (C=O) groups excluding carboxylic acids is 1. The van der Waals surface area contributed by atoms with E-state index in [1.165, 1.54) is 24.3 Å². The van der Waals surface area contributed by atoms with Crippen molar-refractivity contribution in [2.24, 2.45) is 5.14 Å². The van der Waals surface area contributed by atoms with E-state index in [4.69, 9.17) is 14.6 Å². The molecule has 0 fully saturated rings. The summed E-state index contributed by atoms with van der Waals surface area (Å²) in [4.78, 5) is 12.2. The van der Waals surface area contributed by atoms with Gasteiger partial charge in [-0.05, 0) is 36.2 Å². The summed E-state index contributed by atoms with van der Waals surface area (Å²) in [5.41, 5.74) is 0.925. The van der Waals surface area contributed by atoms with Gasteiger partial charge in [-0.2, -0.15) is 0 Å². The molecule has 0 heterocycles. The molecule has 0 aliphatic heterocycles. The third-order valence-corrected chi connectivity index (χ3v) is 4.57. The molecule has 2 aromatic carbocycles. The fourth-order valence-electron chi connectivity index (χ4n) is 2.35. The van der Waals surface area contributed by atoms with Crippen LogP contribution in [0.3, 0.4) is 0 Å². The van der Waals surface area contributed by atoms with Gasteiger partial charge in [0, 0.05) is 0 Å². The first-order chi connectivity index (χ1) is 11.9. The lowest BCUT2D eigenvalue weighted by molar-refractivity contribution is -0.146. The van der Waals surface area contributed by atoms with E-state index in [1.807, 2.05) is 37.3 Å². The molecular weight excluding hydrogens is 342 g/mol. The first-order valence-electron chi connectivity index (χ1n) is 7.89. The van der Waals surface area contributed by atoms with E-state index >= 15 is 0 Å². The Morgan fingerprint density at radius 2 is 1.68 bits per heavy atom. The van der Waals surface area contributed by atoms with Gasteiger partial charge >= 0.3 is 5.97 Å². The minimum Gasteiger partial charge on any atom is -0.490 e. The molecule has 134 valence electrons. The largest absolute Gasteiger partial charge is 0.490 e. The van der Waals surface area contributed by atoms with Crippen molar-refractivity contribution in [3.63, 3.8) is 0 Å². The zero-order chi connectivity index (χ0) is 18.3. The molecule has 0 aliphatic carbocycles. The van der Waals surface area contributed by atoms with Crippen LogP contribution in [0.1, 0.15) is 24.8 Å². The minimum atomic E-state index is -3.72. The average Bonchev–Trinajstić information content (AvgIpc) is 2.60. The van der Waals surface area contributed by atoms with E-state index in [-0.39, 0.29) is 30.0 Å². The maximum absolute atomic E-state index is 12.2. The fourth-order valence-corrected chi connectivity index (χ4v) is 2.87. The molecule has 0 radical (unpaired) electrons. The highest BCUT2D eigenvalue weighted by atomic mass is 32.2. The lowest BCUT2D eigenvalue weighted by Gasteiger charge is -2.15. The van der Waals surface area contributed by atoms with Gasteiger partial charge in [0.1, 0.15) is 19.0 Å². The molecule has 0 aliphatic rings. The van der Waals surface area contributed by atoms with Crippen molar-refractivity contribution in [3.05, 3.63) is 60.2 Å². The van der Waals surface area contributed by atoms with Crippen LogP contribution in [0.25, 0.3) is 0 Å². The summed E-state index contributed by atoms with van der Waals surface area (Å²) >= 11 is 0. The minimum absolute atomic E-state index is 0.0138. The van der Waals surface area contributed by atoms with Crippen LogP contribution < -0.4 is 9.88 Å². The molecule has 1 atom stereocenters. The zero-order valence-electron chi connectivity index (χ0n) is 13.9. The Bertz CT molecular complexity index is 788. The lowest BCUT2D eigenvalue weighted by Crippen LogP contribution is -2.18. The maximum atomic E-state index is 12.2. The number of benzene rings is 2. The highest BCUT2D eigenvalue weighted by Crippen LogP contribution is 2.20. The lowest BCUT2D eigenvalue weighted by atomic mass is 9.97. The standard InChI is InChI=1S/C18H21NO5S/c1-2-17(14-6-4-3-5-7-14)18(20)24-13-12-23-15-8-10-16(11-9-15)25(19,21)22/h3-11,17H,2,12-13H2,1H3,(H2,19,21,22)/t17-/m1/s1. The van der Waals surface area contributed by atoms with Gasteiger partial charge in [-0.25, -0.2) is 13.6 Å². The van der Waals surface area contributed by atoms with Crippen molar-refractivity contribution in [2.45, 2.75) is 24.2 Å². The van der Waals surface area contributed by atoms with Gasteiger partial charge in [-0.1, -0.05) is 37.3 Å². The van der Waals surface area contributed by atoms with E-state index in [2.05, 4.69) is 0 Å². The van der Waals surface area contributed by atoms with Gasteiger partial charge < -0.3 is 9.47 Å². The highest BCUT2D eigenvalue weighted by Gasteiger charge is 2.19. The molecule has 0 bridgehead atoms. The van der Waals surface area contributed by atoms with E-state index in [0.29, 0.717) is 12.2 Å². The van der Waals surface area contributed by atoms with Crippen LogP contribution in [-0.4, -0.2) is 27.6 Å². The van der Waals surface area contributed by atoms with Gasteiger partial charge in [0.25, 0.3) is 0 Å². The van der Waals surface area contributed by atoms with E-state index in [9.17, 15) is 13.2 Å². The number of hydrogen-bond acceptors (Lipinski definition) is 5. The van der Waals surface area contributed by atoms with Gasteiger partial charge in [-0.15, -0.1) is 0 Å². The third-order valence-electron chi connectivity index (χ3n) is 3.64. The monoisotopic (exact) mass is 363 g/mol. The number of primary sulfonamides is 1. The van der Waals surface area contributed by atoms with Gasteiger partial charge in [0.15, 0.2) is 0 Å². The number of ether oxygens (including phenoxy) is 2. The molecule has 0 aromatic heterocycles. The molecule has 0 unspecified atom stereocenters. The Morgan fingerprint density at radius 3 is 2.24 bits per heavy atom. The number of sulfonamides is 1. The molecule has 2 aromatic rings. The van der Waals surface area contributed by atoms with E-state index in [1.54, 1.807) is 0 Å². The smallest absolute Gasteiger partial charge is 0.313 e.